The number of non-ortho nitro benzene ring substituents is 1. The molecule has 0 aliphatic heterocycles. The van der Waals surface area contributed by atoms with E-state index in [1.807, 2.05) is 0 Å². The lowest BCUT2D eigenvalue weighted by Crippen LogP contribution is -1.95. The fraction of sp³-hybridized carbons (Fsp3) is 0. The lowest BCUT2D eigenvalue weighted by molar-refractivity contribution is -0.384. The number of fused-ring (bicyclic) bond motifs is 1. The highest BCUT2D eigenvalue weighted by Crippen LogP contribution is 2.30. The molecule has 3 rings (SSSR count). The van der Waals surface area contributed by atoms with Crippen molar-refractivity contribution in [1.82, 2.24) is 0 Å². The summed E-state index contributed by atoms with van der Waals surface area (Å²) in [7, 11) is 0. The molecule has 21 heavy (non-hydrogen) atoms. The highest BCUT2D eigenvalue weighted by molar-refractivity contribution is 6.02. The van der Waals surface area contributed by atoms with Gasteiger partial charge in [0.25, 0.3) is 5.69 Å². The molecule has 0 saturated heterocycles. The lowest BCUT2D eigenvalue weighted by atomic mass is 10.1. The van der Waals surface area contributed by atoms with E-state index in [2.05, 4.69) is 0 Å². The number of hydrogen-bond donors (Lipinski definition) is 1. The first-order chi connectivity index (χ1) is 10.1. The van der Waals surface area contributed by atoms with Crippen molar-refractivity contribution < 1.29 is 19.2 Å². The van der Waals surface area contributed by atoms with Gasteiger partial charge in [-0.25, -0.2) is 4.79 Å². The number of carboxylic acids is 1. The van der Waals surface area contributed by atoms with E-state index in [0.29, 0.717) is 22.3 Å². The molecule has 1 N–H and O–H groups in total. The van der Waals surface area contributed by atoms with Crippen molar-refractivity contribution >= 4 is 22.6 Å². The molecule has 0 saturated carbocycles. The van der Waals surface area contributed by atoms with E-state index in [-0.39, 0.29) is 11.3 Å². The fourth-order valence-corrected chi connectivity index (χ4v) is 2.12. The molecule has 0 fully saturated rings. The zero-order valence-corrected chi connectivity index (χ0v) is 10.6. The quantitative estimate of drug-likeness (QED) is 0.584. The van der Waals surface area contributed by atoms with Gasteiger partial charge in [-0.1, -0.05) is 12.1 Å². The smallest absolute Gasteiger partial charge is 0.339 e. The fourth-order valence-electron chi connectivity index (χ4n) is 2.12. The molecular weight excluding hydrogens is 274 g/mol. The predicted molar refractivity (Wildman–Crippen MR) is 75.3 cm³/mol. The standard InChI is InChI=1S/C15H9NO5/c17-15(18)12-3-1-2-10-8-13(21-14(10)12)9-4-6-11(7-5-9)16(19)20/h1-8H,(H,17,18). The molecule has 0 unspecified atom stereocenters. The van der Waals surface area contributed by atoms with Crippen molar-refractivity contribution in [2.24, 2.45) is 0 Å². The average molecular weight is 283 g/mol. The molecule has 0 amide bonds. The first-order valence-electron chi connectivity index (χ1n) is 6.07. The number of para-hydroxylation sites is 1. The highest BCUT2D eigenvalue weighted by atomic mass is 16.6. The van der Waals surface area contributed by atoms with Crippen LogP contribution in [0.2, 0.25) is 0 Å². The number of aromatic carboxylic acids is 1. The lowest BCUT2D eigenvalue weighted by Gasteiger charge is -1.97. The third-order valence-corrected chi connectivity index (χ3v) is 3.14. The summed E-state index contributed by atoms with van der Waals surface area (Å²) in [5.41, 5.74) is 1.01. The summed E-state index contributed by atoms with van der Waals surface area (Å²) in [5.74, 6) is -0.598. The van der Waals surface area contributed by atoms with Crippen LogP contribution in [0.25, 0.3) is 22.3 Å². The van der Waals surface area contributed by atoms with E-state index in [0.717, 1.165) is 0 Å². The second-order valence-electron chi connectivity index (χ2n) is 4.44. The minimum atomic E-state index is -1.06. The van der Waals surface area contributed by atoms with Crippen LogP contribution in [0.1, 0.15) is 10.4 Å². The van der Waals surface area contributed by atoms with E-state index in [9.17, 15) is 14.9 Å². The Morgan fingerprint density at radius 2 is 1.86 bits per heavy atom. The Bertz CT molecular complexity index is 848. The maximum atomic E-state index is 11.1. The van der Waals surface area contributed by atoms with Crippen LogP contribution in [0.5, 0.6) is 0 Å². The molecule has 0 radical (unpaired) electrons. The molecule has 0 atom stereocenters. The summed E-state index contributed by atoms with van der Waals surface area (Å²) in [6.07, 6.45) is 0. The third-order valence-electron chi connectivity index (χ3n) is 3.14. The van der Waals surface area contributed by atoms with Gasteiger partial charge in [0.05, 0.1) is 4.92 Å². The van der Waals surface area contributed by atoms with Crippen molar-refractivity contribution in [2.75, 3.05) is 0 Å². The SMILES string of the molecule is O=C(O)c1cccc2cc(-c3ccc([N+](=O)[O-])cc3)oc12. The van der Waals surface area contributed by atoms with Gasteiger partial charge in [-0.15, -0.1) is 0 Å². The first kappa shape index (κ1) is 12.9. The van der Waals surface area contributed by atoms with E-state index in [4.69, 9.17) is 9.52 Å². The Labute approximate surface area is 118 Å². The van der Waals surface area contributed by atoms with E-state index in [1.165, 1.54) is 18.2 Å². The van der Waals surface area contributed by atoms with Gasteiger partial charge in [-0.2, -0.15) is 0 Å². The Hall–Kier alpha value is -3.15. The normalized spacial score (nSPS) is 10.7. The molecule has 0 aliphatic carbocycles. The van der Waals surface area contributed by atoms with E-state index in [1.54, 1.807) is 30.3 Å². The van der Waals surface area contributed by atoms with E-state index < -0.39 is 10.9 Å². The summed E-state index contributed by atoms with van der Waals surface area (Å²) in [4.78, 5) is 21.3. The number of rotatable bonds is 3. The molecule has 0 bridgehead atoms. The van der Waals surface area contributed by atoms with Crippen molar-refractivity contribution in [2.45, 2.75) is 0 Å². The van der Waals surface area contributed by atoms with Gasteiger partial charge < -0.3 is 9.52 Å². The van der Waals surface area contributed by atoms with Crippen molar-refractivity contribution in [3.05, 3.63) is 64.2 Å². The minimum absolute atomic E-state index is 0.0129. The second kappa shape index (κ2) is 4.75. The van der Waals surface area contributed by atoms with Crippen molar-refractivity contribution in [3.8, 4) is 11.3 Å². The topological polar surface area (TPSA) is 93.6 Å². The summed E-state index contributed by atoms with van der Waals surface area (Å²) < 4.78 is 5.60. The van der Waals surface area contributed by atoms with Crippen LogP contribution in [0.4, 0.5) is 5.69 Å². The molecule has 3 aromatic rings. The molecule has 6 nitrogen and oxygen atoms in total. The Kier molecular flexibility index (Phi) is 2.91. The maximum absolute atomic E-state index is 11.1. The van der Waals surface area contributed by atoms with Crippen LogP contribution < -0.4 is 0 Å². The van der Waals surface area contributed by atoms with Gasteiger partial charge in [-0.05, 0) is 24.3 Å². The summed E-state index contributed by atoms with van der Waals surface area (Å²) in [6.45, 7) is 0. The Morgan fingerprint density at radius 3 is 2.48 bits per heavy atom. The number of nitro groups is 1. The van der Waals surface area contributed by atoms with Crippen molar-refractivity contribution in [3.63, 3.8) is 0 Å². The Balaban J connectivity index is 2.11. The summed E-state index contributed by atoms with van der Waals surface area (Å²) in [6, 6.07) is 12.5. The van der Waals surface area contributed by atoms with Gasteiger partial charge in [0.15, 0.2) is 0 Å². The molecule has 2 aromatic carbocycles. The van der Waals surface area contributed by atoms with E-state index >= 15 is 0 Å². The molecular formula is C15H9NO5. The zero-order valence-electron chi connectivity index (χ0n) is 10.6. The first-order valence-corrected chi connectivity index (χ1v) is 6.07. The number of carbonyl (C=O) groups is 1. The van der Waals surface area contributed by atoms with Gasteiger partial charge in [-0.3, -0.25) is 10.1 Å². The number of hydrogen-bond acceptors (Lipinski definition) is 4. The number of nitro benzene ring substituents is 1. The summed E-state index contributed by atoms with van der Waals surface area (Å²) >= 11 is 0. The highest BCUT2D eigenvalue weighted by Gasteiger charge is 2.14. The molecule has 104 valence electrons. The Morgan fingerprint density at radius 1 is 1.14 bits per heavy atom. The van der Waals surface area contributed by atoms with Crippen LogP contribution in [-0.2, 0) is 0 Å². The van der Waals surface area contributed by atoms with Gasteiger partial charge in [0, 0.05) is 23.1 Å². The number of benzene rings is 2. The largest absolute Gasteiger partial charge is 0.478 e. The maximum Gasteiger partial charge on any atom is 0.339 e. The molecule has 0 aliphatic rings. The monoisotopic (exact) mass is 283 g/mol. The van der Waals surface area contributed by atoms with Crippen LogP contribution >= 0.6 is 0 Å². The summed E-state index contributed by atoms with van der Waals surface area (Å²) in [5, 5.41) is 20.4. The molecule has 1 heterocycles. The average Bonchev–Trinajstić information content (AvgIpc) is 2.90. The van der Waals surface area contributed by atoms with Crippen LogP contribution in [0.3, 0.4) is 0 Å². The van der Waals surface area contributed by atoms with Crippen LogP contribution in [-0.4, -0.2) is 16.0 Å². The van der Waals surface area contributed by atoms with Crippen LogP contribution in [0.15, 0.2) is 52.9 Å². The number of furan rings is 1. The zero-order chi connectivity index (χ0) is 15.0. The van der Waals surface area contributed by atoms with Gasteiger partial charge >= 0.3 is 5.97 Å². The number of carboxylic acid groups (broad SMARTS) is 1. The molecule has 1 aromatic heterocycles. The van der Waals surface area contributed by atoms with Gasteiger partial charge in [0.2, 0.25) is 0 Å². The van der Waals surface area contributed by atoms with Crippen LogP contribution in [0, 0.1) is 10.1 Å². The third kappa shape index (κ3) is 2.23. The molecule has 0 spiro atoms. The minimum Gasteiger partial charge on any atom is -0.478 e. The second-order valence-corrected chi connectivity index (χ2v) is 4.44. The predicted octanol–water partition coefficient (Wildman–Crippen LogP) is 3.71. The van der Waals surface area contributed by atoms with Gasteiger partial charge in [0.1, 0.15) is 16.9 Å². The number of nitrogens with zero attached hydrogens (tertiary/aromatic N) is 1. The molecule has 6 heteroatoms. The van der Waals surface area contributed by atoms with Crippen molar-refractivity contribution in [1.29, 1.82) is 0 Å².